The van der Waals surface area contributed by atoms with Crippen molar-refractivity contribution in [2.24, 2.45) is 5.92 Å². The quantitative estimate of drug-likeness (QED) is 0.416. The highest BCUT2D eigenvalue weighted by Gasteiger charge is 2.47. The number of nitrogens with zero attached hydrogens (tertiary/aromatic N) is 4. The standard InChI is InChI=1S/C27H36N4O6/c1-2-3-11-30(12-4-13-32)25(33)16-31-15-21(19-5-8-23-24(14-19)37-18-36-23)26(27(34)35)22(31)7-6-20-9-10-28-17-29-20/h5,8-10,14,17,21-22,26,32H,2-4,6-7,11-13,15-16,18H2,1H3,(H,34,35). The molecule has 3 atom stereocenters. The number of aliphatic hydroxyl groups excluding tert-OH is 1. The maximum atomic E-state index is 13.4. The minimum atomic E-state index is -0.881. The normalized spacial score (nSPS) is 20.8. The minimum Gasteiger partial charge on any atom is -0.481 e. The molecule has 2 aliphatic rings. The van der Waals surface area contributed by atoms with E-state index in [-0.39, 0.29) is 37.8 Å². The van der Waals surface area contributed by atoms with E-state index in [1.165, 1.54) is 6.33 Å². The van der Waals surface area contributed by atoms with Gasteiger partial charge in [0.25, 0.3) is 0 Å². The van der Waals surface area contributed by atoms with Gasteiger partial charge in [-0.25, -0.2) is 9.97 Å². The van der Waals surface area contributed by atoms with Crippen molar-refractivity contribution < 1.29 is 29.3 Å². The number of carboxylic acid groups (broad SMARTS) is 1. The number of aromatic nitrogens is 2. The van der Waals surface area contributed by atoms with Gasteiger partial charge in [0.05, 0.1) is 12.5 Å². The van der Waals surface area contributed by atoms with Gasteiger partial charge in [-0.1, -0.05) is 19.4 Å². The first-order chi connectivity index (χ1) is 18.0. The second kappa shape index (κ2) is 12.8. The SMILES string of the molecule is CCCCN(CCCO)C(=O)CN1CC(c2ccc3c(c2)OCO3)C(C(=O)O)C1CCc1ccncn1. The molecule has 3 heterocycles. The van der Waals surface area contributed by atoms with E-state index in [4.69, 9.17) is 9.47 Å². The van der Waals surface area contributed by atoms with Gasteiger partial charge in [0.1, 0.15) is 6.33 Å². The van der Waals surface area contributed by atoms with Crippen LogP contribution in [0.4, 0.5) is 0 Å². The molecule has 200 valence electrons. The van der Waals surface area contributed by atoms with Crippen molar-refractivity contribution in [2.75, 3.05) is 39.6 Å². The summed E-state index contributed by atoms with van der Waals surface area (Å²) in [4.78, 5) is 38.1. The lowest BCUT2D eigenvalue weighted by molar-refractivity contribution is -0.143. The van der Waals surface area contributed by atoms with E-state index in [1.807, 2.05) is 29.2 Å². The predicted molar refractivity (Wildman–Crippen MR) is 135 cm³/mol. The summed E-state index contributed by atoms with van der Waals surface area (Å²) in [5.41, 5.74) is 1.70. The van der Waals surface area contributed by atoms with Crippen molar-refractivity contribution >= 4 is 11.9 Å². The van der Waals surface area contributed by atoms with Crippen LogP contribution in [-0.2, 0) is 16.0 Å². The first kappa shape index (κ1) is 26.8. The summed E-state index contributed by atoms with van der Waals surface area (Å²) in [6, 6.07) is 7.07. The number of ether oxygens (including phenoxy) is 2. The molecule has 0 bridgehead atoms. The fourth-order valence-corrected chi connectivity index (χ4v) is 5.34. The van der Waals surface area contributed by atoms with Crippen molar-refractivity contribution in [3.8, 4) is 11.5 Å². The second-order valence-electron chi connectivity index (χ2n) is 9.63. The molecule has 1 amide bonds. The Bertz CT molecular complexity index is 1040. The molecule has 0 saturated carbocycles. The van der Waals surface area contributed by atoms with Gasteiger partial charge in [0, 0.05) is 50.1 Å². The number of amides is 1. The van der Waals surface area contributed by atoms with E-state index >= 15 is 0 Å². The average molecular weight is 513 g/mol. The Labute approximate surface area is 217 Å². The molecule has 2 N–H and O–H groups in total. The smallest absolute Gasteiger partial charge is 0.308 e. The molecule has 0 radical (unpaired) electrons. The number of likely N-dealkylation sites (tertiary alicyclic amines) is 1. The van der Waals surface area contributed by atoms with Gasteiger partial charge in [-0.15, -0.1) is 0 Å². The summed E-state index contributed by atoms with van der Waals surface area (Å²) >= 11 is 0. The zero-order chi connectivity index (χ0) is 26.2. The number of hydrogen-bond donors (Lipinski definition) is 2. The summed E-state index contributed by atoms with van der Waals surface area (Å²) in [7, 11) is 0. The largest absolute Gasteiger partial charge is 0.481 e. The van der Waals surface area contributed by atoms with Crippen LogP contribution in [0.25, 0.3) is 0 Å². The lowest BCUT2D eigenvalue weighted by Gasteiger charge is -2.29. The Balaban J connectivity index is 1.59. The molecule has 2 aliphatic heterocycles. The highest BCUT2D eigenvalue weighted by atomic mass is 16.7. The average Bonchev–Trinajstić information content (AvgIpc) is 3.52. The van der Waals surface area contributed by atoms with Crippen LogP contribution in [0.1, 0.15) is 49.8 Å². The maximum absolute atomic E-state index is 13.4. The molecular formula is C27H36N4O6. The Kier molecular flexibility index (Phi) is 9.29. The fraction of sp³-hybridized carbons (Fsp3) is 0.556. The Morgan fingerprint density at radius 3 is 2.70 bits per heavy atom. The van der Waals surface area contributed by atoms with Crippen molar-refractivity contribution in [3.05, 3.63) is 48.0 Å². The van der Waals surface area contributed by atoms with Crippen LogP contribution < -0.4 is 9.47 Å². The summed E-state index contributed by atoms with van der Waals surface area (Å²) in [5.74, 6) is -0.661. The number of carbonyl (C=O) groups is 2. The second-order valence-corrected chi connectivity index (χ2v) is 9.63. The van der Waals surface area contributed by atoms with Crippen LogP contribution in [0, 0.1) is 5.92 Å². The number of fused-ring (bicyclic) bond motifs is 1. The lowest BCUT2D eigenvalue weighted by atomic mass is 9.83. The van der Waals surface area contributed by atoms with Crippen molar-refractivity contribution in [1.82, 2.24) is 19.8 Å². The van der Waals surface area contributed by atoms with Gasteiger partial charge in [0.15, 0.2) is 11.5 Å². The first-order valence-corrected chi connectivity index (χ1v) is 13.0. The van der Waals surface area contributed by atoms with Gasteiger partial charge in [-0.3, -0.25) is 14.5 Å². The molecule has 4 rings (SSSR count). The van der Waals surface area contributed by atoms with Crippen LogP contribution in [-0.4, -0.2) is 87.5 Å². The van der Waals surface area contributed by atoms with Crippen molar-refractivity contribution in [2.45, 2.75) is 51.0 Å². The zero-order valence-electron chi connectivity index (χ0n) is 21.3. The molecule has 1 fully saturated rings. The molecule has 2 aromatic rings. The topological polar surface area (TPSA) is 125 Å². The maximum Gasteiger partial charge on any atom is 0.308 e. The summed E-state index contributed by atoms with van der Waals surface area (Å²) in [5, 5.41) is 19.7. The van der Waals surface area contributed by atoms with Crippen LogP contribution in [0.5, 0.6) is 11.5 Å². The van der Waals surface area contributed by atoms with E-state index in [0.29, 0.717) is 50.4 Å². The summed E-state index contributed by atoms with van der Waals surface area (Å²) < 4.78 is 11.0. The summed E-state index contributed by atoms with van der Waals surface area (Å²) in [6.07, 6.45) is 6.66. The Hall–Kier alpha value is -3.24. The molecule has 0 spiro atoms. The van der Waals surface area contributed by atoms with Gasteiger partial charge in [0.2, 0.25) is 12.7 Å². The molecule has 10 heteroatoms. The van der Waals surface area contributed by atoms with E-state index in [1.54, 1.807) is 11.1 Å². The number of hydrogen-bond acceptors (Lipinski definition) is 8. The number of benzene rings is 1. The van der Waals surface area contributed by atoms with E-state index in [2.05, 4.69) is 16.9 Å². The predicted octanol–water partition coefficient (Wildman–Crippen LogP) is 2.32. The van der Waals surface area contributed by atoms with Crippen molar-refractivity contribution in [3.63, 3.8) is 0 Å². The van der Waals surface area contributed by atoms with E-state index < -0.39 is 11.9 Å². The van der Waals surface area contributed by atoms with Gasteiger partial charge >= 0.3 is 5.97 Å². The van der Waals surface area contributed by atoms with Crippen LogP contribution in [0.15, 0.2) is 36.8 Å². The number of aliphatic hydroxyl groups is 1. The molecule has 37 heavy (non-hydrogen) atoms. The molecule has 3 unspecified atom stereocenters. The molecule has 1 aromatic heterocycles. The van der Waals surface area contributed by atoms with E-state index in [0.717, 1.165) is 24.1 Å². The van der Waals surface area contributed by atoms with Crippen molar-refractivity contribution in [1.29, 1.82) is 0 Å². The number of aliphatic carboxylic acids is 1. The molecule has 10 nitrogen and oxygen atoms in total. The van der Waals surface area contributed by atoms with Gasteiger partial charge in [-0.2, -0.15) is 0 Å². The highest BCUT2D eigenvalue weighted by molar-refractivity contribution is 5.79. The lowest BCUT2D eigenvalue weighted by Crippen LogP contribution is -2.45. The fourth-order valence-electron chi connectivity index (χ4n) is 5.34. The Morgan fingerprint density at radius 2 is 1.97 bits per heavy atom. The number of rotatable bonds is 13. The van der Waals surface area contributed by atoms with Gasteiger partial charge in [-0.05, 0) is 49.4 Å². The molecular weight excluding hydrogens is 476 g/mol. The number of carbonyl (C=O) groups excluding carboxylic acids is 1. The van der Waals surface area contributed by atoms with E-state index in [9.17, 15) is 19.8 Å². The molecule has 0 aliphatic carbocycles. The third-order valence-electron chi connectivity index (χ3n) is 7.26. The van der Waals surface area contributed by atoms with Gasteiger partial charge < -0.3 is 24.6 Å². The zero-order valence-corrected chi connectivity index (χ0v) is 21.3. The first-order valence-electron chi connectivity index (χ1n) is 13.0. The minimum absolute atomic E-state index is 0.0223. The monoisotopic (exact) mass is 512 g/mol. The number of unbranched alkanes of at least 4 members (excludes halogenated alkanes) is 1. The highest BCUT2D eigenvalue weighted by Crippen LogP contribution is 2.43. The number of carboxylic acids is 1. The van der Waals surface area contributed by atoms with Crippen LogP contribution >= 0.6 is 0 Å². The molecule has 1 saturated heterocycles. The Morgan fingerprint density at radius 1 is 1.16 bits per heavy atom. The van der Waals surface area contributed by atoms with Crippen LogP contribution in [0.3, 0.4) is 0 Å². The third kappa shape index (κ3) is 6.56. The van der Waals surface area contributed by atoms with Crippen LogP contribution in [0.2, 0.25) is 0 Å². The molecule has 1 aromatic carbocycles. The summed E-state index contributed by atoms with van der Waals surface area (Å²) in [6.45, 7) is 3.94. The number of aryl methyl sites for hydroxylation is 1. The third-order valence-corrected chi connectivity index (χ3v) is 7.26.